The predicted molar refractivity (Wildman–Crippen MR) is 97.8 cm³/mol. The summed E-state index contributed by atoms with van der Waals surface area (Å²) in [6.07, 6.45) is 5.00. The van der Waals surface area contributed by atoms with E-state index < -0.39 is 38.4 Å². The molecule has 0 aliphatic rings. The maximum absolute atomic E-state index is 13.2. The molecule has 7 nitrogen and oxygen atoms in total. The van der Waals surface area contributed by atoms with Crippen molar-refractivity contribution in [1.82, 2.24) is 10.6 Å². The van der Waals surface area contributed by atoms with Crippen LogP contribution in [0.25, 0.3) is 0 Å². The summed E-state index contributed by atoms with van der Waals surface area (Å²) in [6.45, 7) is -0.230. The summed E-state index contributed by atoms with van der Waals surface area (Å²) in [5, 5.41) is 4.76. The van der Waals surface area contributed by atoms with Gasteiger partial charge in [0.1, 0.15) is 0 Å². The summed E-state index contributed by atoms with van der Waals surface area (Å²) in [5.41, 5.74) is 0.286. The Morgan fingerprint density at radius 2 is 1.68 bits per heavy atom. The molecule has 2 aromatic rings. The van der Waals surface area contributed by atoms with Crippen molar-refractivity contribution in [3.63, 3.8) is 0 Å². The van der Waals surface area contributed by atoms with Crippen molar-refractivity contribution >= 4 is 27.5 Å². The molecule has 3 N–H and O–H groups in total. The first-order valence-electron chi connectivity index (χ1n) is 7.79. The minimum atomic E-state index is -4.14. The molecule has 0 bridgehead atoms. The van der Waals surface area contributed by atoms with Crippen LogP contribution in [0.2, 0.25) is 0 Å². The topological polar surface area (TPSA) is 104 Å². The van der Waals surface area contributed by atoms with E-state index in [0.29, 0.717) is 12.1 Å². The molecule has 0 aromatic heterocycles. The number of hydrogen-bond acceptors (Lipinski definition) is 4. The molecule has 28 heavy (non-hydrogen) atoms. The van der Waals surface area contributed by atoms with Gasteiger partial charge in [-0.1, -0.05) is 5.92 Å². The third-order valence-corrected chi connectivity index (χ3v) is 4.78. The van der Waals surface area contributed by atoms with Gasteiger partial charge in [0.25, 0.3) is 15.9 Å². The molecule has 0 aliphatic heterocycles. The highest BCUT2D eigenvalue weighted by molar-refractivity contribution is 7.92. The van der Waals surface area contributed by atoms with E-state index in [1.165, 1.54) is 24.3 Å². The van der Waals surface area contributed by atoms with Gasteiger partial charge in [-0.05, 0) is 42.5 Å². The molecular weight excluding hydrogens is 392 g/mol. The van der Waals surface area contributed by atoms with Crippen molar-refractivity contribution in [2.45, 2.75) is 4.90 Å². The third-order valence-electron chi connectivity index (χ3n) is 3.40. The number of rotatable bonds is 7. The van der Waals surface area contributed by atoms with Gasteiger partial charge >= 0.3 is 0 Å². The van der Waals surface area contributed by atoms with Gasteiger partial charge in [0.15, 0.2) is 11.6 Å². The first kappa shape index (κ1) is 20.9. The van der Waals surface area contributed by atoms with Crippen LogP contribution in [0.1, 0.15) is 10.4 Å². The lowest BCUT2D eigenvalue weighted by molar-refractivity contribution is -0.119. The normalized spacial score (nSPS) is 10.6. The van der Waals surface area contributed by atoms with Crippen molar-refractivity contribution in [2.75, 3.05) is 17.8 Å². The molecule has 2 rings (SSSR count). The molecule has 0 saturated heterocycles. The molecule has 0 spiro atoms. The zero-order valence-electron chi connectivity index (χ0n) is 14.3. The van der Waals surface area contributed by atoms with Crippen molar-refractivity contribution in [2.24, 2.45) is 0 Å². The van der Waals surface area contributed by atoms with Gasteiger partial charge in [-0.25, -0.2) is 17.2 Å². The molecule has 0 atom stereocenters. The number of nitrogens with one attached hydrogen (secondary N) is 3. The number of carbonyl (C=O) groups excluding carboxylic acids is 2. The van der Waals surface area contributed by atoms with E-state index in [9.17, 15) is 26.8 Å². The smallest absolute Gasteiger partial charge is 0.261 e. The van der Waals surface area contributed by atoms with Crippen molar-refractivity contribution < 1.29 is 26.8 Å². The van der Waals surface area contributed by atoms with Gasteiger partial charge in [0.05, 0.1) is 18.0 Å². The van der Waals surface area contributed by atoms with Crippen LogP contribution < -0.4 is 15.4 Å². The first-order chi connectivity index (χ1) is 13.2. The van der Waals surface area contributed by atoms with Crippen molar-refractivity contribution in [3.05, 3.63) is 59.7 Å². The van der Waals surface area contributed by atoms with Crippen LogP contribution in [0.15, 0.2) is 47.4 Å². The van der Waals surface area contributed by atoms with Crippen LogP contribution in [0.4, 0.5) is 14.5 Å². The number of amides is 2. The highest BCUT2D eigenvalue weighted by atomic mass is 32.2. The van der Waals surface area contributed by atoms with Gasteiger partial charge in [-0.15, -0.1) is 6.42 Å². The fraction of sp³-hybridized carbons (Fsp3) is 0.111. The molecule has 0 fully saturated rings. The van der Waals surface area contributed by atoms with Crippen molar-refractivity contribution in [3.8, 4) is 12.3 Å². The minimum Gasteiger partial charge on any atom is -0.344 e. The fourth-order valence-electron chi connectivity index (χ4n) is 2.02. The van der Waals surface area contributed by atoms with Crippen molar-refractivity contribution in [1.29, 1.82) is 0 Å². The average molecular weight is 407 g/mol. The molecule has 0 aliphatic carbocycles. The Kier molecular flexibility index (Phi) is 6.68. The predicted octanol–water partition coefficient (Wildman–Crippen LogP) is 1.24. The molecule has 0 radical (unpaired) electrons. The van der Waals surface area contributed by atoms with Crippen LogP contribution >= 0.6 is 0 Å². The average Bonchev–Trinajstić information content (AvgIpc) is 2.66. The Morgan fingerprint density at radius 1 is 1.00 bits per heavy atom. The second kappa shape index (κ2) is 8.96. The van der Waals surface area contributed by atoms with Crippen LogP contribution in [-0.4, -0.2) is 33.3 Å². The summed E-state index contributed by atoms with van der Waals surface area (Å²) in [7, 11) is -4.14. The number of halogens is 2. The van der Waals surface area contributed by atoms with Crippen LogP contribution in [0.3, 0.4) is 0 Å². The summed E-state index contributed by atoms with van der Waals surface area (Å²) in [6, 6.07) is 7.47. The Hall–Kier alpha value is -3.45. The van der Waals surface area contributed by atoms with E-state index in [2.05, 4.69) is 21.3 Å². The zero-order valence-corrected chi connectivity index (χ0v) is 15.1. The monoisotopic (exact) mass is 407 g/mol. The zero-order chi connectivity index (χ0) is 20.7. The maximum Gasteiger partial charge on any atom is 0.261 e. The van der Waals surface area contributed by atoms with E-state index in [-0.39, 0.29) is 24.3 Å². The molecule has 0 heterocycles. The molecule has 0 saturated carbocycles. The van der Waals surface area contributed by atoms with Gasteiger partial charge in [-0.2, -0.15) is 0 Å². The van der Waals surface area contributed by atoms with Gasteiger partial charge in [-0.3, -0.25) is 14.3 Å². The van der Waals surface area contributed by atoms with E-state index in [1.807, 2.05) is 0 Å². The second-order valence-electron chi connectivity index (χ2n) is 5.42. The Balaban J connectivity index is 2.02. The van der Waals surface area contributed by atoms with Crippen LogP contribution in [0, 0.1) is 24.0 Å². The largest absolute Gasteiger partial charge is 0.344 e. The SMILES string of the molecule is C#CCNC(=O)CNC(=O)c1ccc(NS(=O)(=O)c2ccc(F)c(F)c2)cc1. The summed E-state index contributed by atoms with van der Waals surface area (Å²) >= 11 is 0. The standard InChI is InChI=1S/C18H15F2N3O4S/c1-2-9-21-17(24)11-22-18(25)12-3-5-13(6-4-12)23-28(26,27)14-7-8-15(19)16(20)10-14/h1,3-8,10,23H,9,11H2,(H,21,24)(H,22,25). The van der Waals surface area contributed by atoms with E-state index in [0.717, 1.165) is 6.07 Å². The third kappa shape index (κ3) is 5.52. The Morgan fingerprint density at radius 3 is 2.29 bits per heavy atom. The van der Waals surface area contributed by atoms with Gasteiger partial charge < -0.3 is 10.6 Å². The summed E-state index contributed by atoms with van der Waals surface area (Å²) < 4.78 is 52.8. The number of benzene rings is 2. The molecule has 2 aromatic carbocycles. The highest BCUT2D eigenvalue weighted by Crippen LogP contribution is 2.18. The summed E-state index contributed by atoms with van der Waals surface area (Å²) in [5.74, 6) is -1.24. The number of hydrogen-bond donors (Lipinski definition) is 3. The fourth-order valence-corrected chi connectivity index (χ4v) is 3.09. The summed E-state index contributed by atoms with van der Waals surface area (Å²) in [4.78, 5) is 22.9. The van der Waals surface area contributed by atoms with Gasteiger partial charge in [0, 0.05) is 11.3 Å². The van der Waals surface area contributed by atoms with Crippen LogP contribution in [-0.2, 0) is 14.8 Å². The molecule has 0 unspecified atom stereocenters. The van der Waals surface area contributed by atoms with E-state index in [4.69, 9.17) is 6.42 Å². The molecule has 10 heteroatoms. The number of carbonyl (C=O) groups is 2. The maximum atomic E-state index is 13.2. The number of sulfonamides is 1. The number of terminal acetylenes is 1. The quantitative estimate of drug-likeness (QED) is 0.601. The highest BCUT2D eigenvalue weighted by Gasteiger charge is 2.17. The lowest BCUT2D eigenvalue weighted by atomic mass is 10.2. The minimum absolute atomic E-state index is 0.0432. The van der Waals surface area contributed by atoms with E-state index >= 15 is 0 Å². The number of anilines is 1. The molecular formula is C18H15F2N3O4S. The van der Waals surface area contributed by atoms with Crippen LogP contribution in [0.5, 0.6) is 0 Å². The lowest BCUT2D eigenvalue weighted by Gasteiger charge is -2.09. The van der Waals surface area contributed by atoms with E-state index in [1.54, 1.807) is 0 Å². The van der Waals surface area contributed by atoms with Gasteiger partial charge in [0.2, 0.25) is 5.91 Å². The second-order valence-corrected chi connectivity index (χ2v) is 7.10. The lowest BCUT2D eigenvalue weighted by Crippen LogP contribution is -2.37. The molecule has 2 amide bonds. The first-order valence-corrected chi connectivity index (χ1v) is 9.27. The Bertz CT molecular complexity index is 1030. The molecule has 146 valence electrons. The Labute approximate surface area is 160 Å².